The maximum atomic E-state index is 2.28. The van der Waals surface area contributed by atoms with Gasteiger partial charge in [0.05, 0.1) is 13.6 Å². The van der Waals surface area contributed by atoms with Crippen LogP contribution >= 0.6 is 11.3 Å². The van der Waals surface area contributed by atoms with E-state index in [4.69, 9.17) is 0 Å². The molecule has 0 aliphatic rings. The van der Waals surface area contributed by atoms with Crippen molar-refractivity contribution in [2.24, 2.45) is 0 Å². The lowest BCUT2D eigenvalue weighted by atomic mass is 10.2. The fourth-order valence-electron chi connectivity index (χ4n) is 2.05. The Hall–Kier alpha value is -1.12. The summed E-state index contributed by atoms with van der Waals surface area (Å²) in [5.41, 5.74) is 1.43. The summed E-state index contributed by atoms with van der Waals surface area (Å²) in [7, 11) is 2.28. The van der Waals surface area contributed by atoms with Gasteiger partial charge in [0.1, 0.15) is 6.54 Å². The van der Waals surface area contributed by atoms with Gasteiger partial charge >= 0.3 is 0 Å². The van der Waals surface area contributed by atoms with Gasteiger partial charge in [-0.3, -0.25) is 0 Å². The minimum atomic E-state index is 1.13. The van der Waals surface area contributed by atoms with Crippen LogP contribution in [-0.2, 0) is 13.0 Å². The highest BCUT2D eigenvalue weighted by molar-refractivity contribution is 7.09. The van der Waals surface area contributed by atoms with Crippen LogP contribution in [0.5, 0.6) is 0 Å². The molecule has 1 heterocycles. The maximum Gasteiger partial charge on any atom is 0.103 e. The topological polar surface area (TPSA) is 4.44 Å². The van der Waals surface area contributed by atoms with Crippen LogP contribution in [0.2, 0.25) is 0 Å². The van der Waals surface area contributed by atoms with E-state index in [1.54, 1.807) is 4.90 Å². The van der Waals surface area contributed by atoms with Crippen molar-refractivity contribution >= 4 is 11.3 Å². The minimum absolute atomic E-state index is 1.13. The van der Waals surface area contributed by atoms with Crippen LogP contribution in [0.25, 0.3) is 0 Å². The Labute approximate surface area is 108 Å². The molecule has 0 spiro atoms. The van der Waals surface area contributed by atoms with Gasteiger partial charge in [-0.1, -0.05) is 36.4 Å². The average molecular weight is 246 g/mol. The summed E-state index contributed by atoms with van der Waals surface area (Å²) in [6.45, 7) is 2.37. The molecule has 1 N–H and O–H groups in total. The largest absolute Gasteiger partial charge is 0.334 e. The first-order valence-corrected chi connectivity index (χ1v) is 7.10. The van der Waals surface area contributed by atoms with Gasteiger partial charge in [0, 0.05) is 16.9 Å². The van der Waals surface area contributed by atoms with E-state index in [-0.39, 0.29) is 0 Å². The first kappa shape index (κ1) is 12.3. The van der Waals surface area contributed by atoms with E-state index >= 15 is 0 Å². The van der Waals surface area contributed by atoms with Gasteiger partial charge < -0.3 is 4.90 Å². The van der Waals surface area contributed by atoms with Gasteiger partial charge in [-0.25, -0.2) is 0 Å². The third-order valence-electron chi connectivity index (χ3n) is 2.96. The van der Waals surface area contributed by atoms with Crippen LogP contribution in [0.4, 0.5) is 0 Å². The lowest BCUT2D eigenvalue weighted by Crippen LogP contribution is -3.07. The molecule has 0 amide bonds. The molecule has 17 heavy (non-hydrogen) atoms. The van der Waals surface area contributed by atoms with E-state index in [1.807, 2.05) is 11.3 Å². The first-order chi connectivity index (χ1) is 8.34. The third kappa shape index (κ3) is 4.33. The van der Waals surface area contributed by atoms with E-state index in [0.717, 1.165) is 6.54 Å². The normalized spacial score (nSPS) is 12.5. The Morgan fingerprint density at radius 2 is 1.88 bits per heavy atom. The molecular weight excluding hydrogens is 226 g/mol. The Morgan fingerprint density at radius 3 is 2.59 bits per heavy atom. The van der Waals surface area contributed by atoms with Crippen molar-refractivity contribution in [3.63, 3.8) is 0 Å². The van der Waals surface area contributed by atoms with Gasteiger partial charge in [-0.05, 0) is 17.9 Å². The quantitative estimate of drug-likeness (QED) is 0.798. The van der Waals surface area contributed by atoms with Crippen molar-refractivity contribution in [2.75, 3.05) is 13.6 Å². The summed E-state index contributed by atoms with van der Waals surface area (Å²) in [5, 5.41) is 2.16. The number of rotatable bonds is 6. The summed E-state index contributed by atoms with van der Waals surface area (Å²) in [5.74, 6) is 0. The molecule has 1 aromatic heterocycles. The van der Waals surface area contributed by atoms with Crippen molar-refractivity contribution in [1.29, 1.82) is 0 Å². The number of aryl methyl sites for hydroxylation is 1. The Balaban J connectivity index is 1.69. The van der Waals surface area contributed by atoms with Gasteiger partial charge in [0.2, 0.25) is 0 Å². The standard InChI is InChI=1S/C15H19NS/c1-16(13-14-7-3-2-4-8-14)11-5-9-15-10-6-12-17-15/h2-4,6-8,10,12H,5,9,11,13H2,1H3/p+1. The molecule has 2 aromatic rings. The first-order valence-electron chi connectivity index (χ1n) is 6.22. The molecule has 0 saturated carbocycles. The van der Waals surface area contributed by atoms with Gasteiger partial charge in [0.25, 0.3) is 0 Å². The van der Waals surface area contributed by atoms with E-state index in [9.17, 15) is 0 Å². The summed E-state index contributed by atoms with van der Waals surface area (Å²) in [4.78, 5) is 3.10. The maximum absolute atomic E-state index is 2.28. The number of hydrogen-bond donors (Lipinski definition) is 1. The zero-order valence-electron chi connectivity index (χ0n) is 10.4. The summed E-state index contributed by atoms with van der Waals surface area (Å²) >= 11 is 1.87. The van der Waals surface area contributed by atoms with E-state index in [2.05, 4.69) is 54.9 Å². The molecule has 1 unspecified atom stereocenters. The fourth-order valence-corrected chi connectivity index (χ4v) is 2.80. The number of thiophene rings is 1. The predicted octanol–water partition coefficient (Wildman–Crippen LogP) is 2.40. The zero-order valence-corrected chi connectivity index (χ0v) is 11.2. The molecule has 1 atom stereocenters. The number of nitrogens with one attached hydrogen (secondary N) is 1. The molecule has 0 aliphatic carbocycles. The second-order valence-corrected chi connectivity index (χ2v) is 5.58. The van der Waals surface area contributed by atoms with Crippen LogP contribution < -0.4 is 4.90 Å². The SMILES string of the molecule is C[NH+](CCCc1cccs1)Cc1ccccc1. The molecular formula is C15H20NS+. The summed E-state index contributed by atoms with van der Waals surface area (Å²) in [6.07, 6.45) is 2.50. The van der Waals surface area contributed by atoms with Crippen LogP contribution in [0.3, 0.4) is 0 Å². The highest BCUT2D eigenvalue weighted by atomic mass is 32.1. The van der Waals surface area contributed by atoms with Crippen molar-refractivity contribution in [3.8, 4) is 0 Å². The lowest BCUT2D eigenvalue weighted by molar-refractivity contribution is -0.893. The third-order valence-corrected chi connectivity index (χ3v) is 3.89. The highest BCUT2D eigenvalue weighted by Crippen LogP contribution is 2.09. The molecule has 0 saturated heterocycles. The smallest absolute Gasteiger partial charge is 0.103 e. The minimum Gasteiger partial charge on any atom is -0.334 e. The number of hydrogen-bond acceptors (Lipinski definition) is 1. The van der Waals surface area contributed by atoms with Crippen molar-refractivity contribution < 1.29 is 4.90 Å². The summed E-state index contributed by atoms with van der Waals surface area (Å²) in [6, 6.07) is 15.1. The molecule has 0 fully saturated rings. The van der Waals surface area contributed by atoms with Crippen molar-refractivity contribution in [1.82, 2.24) is 0 Å². The van der Waals surface area contributed by atoms with Crippen LogP contribution in [0.15, 0.2) is 47.8 Å². The van der Waals surface area contributed by atoms with Crippen LogP contribution in [-0.4, -0.2) is 13.6 Å². The molecule has 0 bridgehead atoms. The van der Waals surface area contributed by atoms with Crippen LogP contribution in [0.1, 0.15) is 16.9 Å². The molecule has 2 rings (SSSR count). The number of quaternary nitrogens is 1. The molecule has 1 aromatic carbocycles. The lowest BCUT2D eigenvalue weighted by Gasteiger charge is -2.13. The van der Waals surface area contributed by atoms with Gasteiger partial charge in [-0.2, -0.15) is 0 Å². The van der Waals surface area contributed by atoms with Gasteiger partial charge in [-0.15, -0.1) is 11.3 Å². The monoisotopic (exact) mass is 246 g/mol. The molecule has 2 heteroatoms. The second kappa shape index (κ2) is 6.58. The molecule has 0 aliphatic heterocycles. The zero-order chi connectivity index (χ0) is 11.9. The average Bonchev–Trinajstić information content (AvgIpc) is 2.83. The summed E-state index contributed by atoms with van der Waals surface area (Å²) < 4.78 is 0. The molecule has 0 radical (unpaired) electrons. The Kier molecular flexibility index (Phi) is 4.77. The van der Waals surface area contributed by atoms with Gasteiger partial charge in [0.15, 0.2) is 0 Å². The second-order valence-electron chi connectivity index (χ2n) is 4.55. The Morgan fingerprint density at radius 1 is 1.06 bits per heavy atom. The van der Waals surface area contributed by atoms with Crippen LogP contribution in [0, 0.1) is 0 Å². The van der Waals surface area contributed by atoms with E-state index in [0.29, 0.717) is 0 Å². The van der Waals surface area contributed by atoms with Crippen molar-refractivity contribution in [3.05, 3.63) is 58.3 Å². The molecule has 90 valence electrons. The highest BCUT2D eigenvalue weighted by Gasteiger charge is 2.03. The Bertz CT molecular complexity index is 408. The number of benzene rings is 1. The predicted molar refractivity (Wildman–Crippen MR) is 74.5 cm³/mol. The van der Waals surface area contributed by atoms with E-state index in [1.165, 1.54) is 29.8 Å². The van der Waals surface area contributed by atoms with E-state index < -0.39 is 0 Å². The van der Waals surface area contributed by atoms with Crippen molar-refractivity contribution in [2.45, 2.75) is 19.4 Å². The fraction of sp³-hybridized carbons (Fsp3) is 0.333. The molecule has 1 nitrogen and oxygen atoms in total.